The van der Waals surface area contributed by atoms with Gasteiger partial charge in [0.2, 0.25) is 0 Å². The average Bonchev–Trinajstić information content (AvgIpc) is 3.25. The number of aliphatic hydroxyl groups is 1. The second-order valence-corrected chi connectivity index (χ2v) is 9.52. The van der Waals surface area contributed by atoms with Crippen molar-refractivity contribution in [2.75, 3.05) is 17.2 Å². The lowest BCUT2D eigenvalue weighted by Crippen LogP contribution is -2.38. The fraction of sp³-hybridized carbons (Fsp3) is 0.276. The van der Waals surface area contributed by atoms with Gasteiger partial charge in [0.05, 0.1) is 41.0 Å². The molecule has 0 radical (unpaired) electrons. The highest BCUT2D eigenvalue weighted by atomic mass is 16.5. The summed E-state index contributed by atoms with van der Waals surface area (Å²) in [7, 11) is 0. The molecule has 9 nitrogen and oxygen atoms in total. The molecule has 4 N–H and O–H groups in total. The van der Waals surface area contributed by atoms with Crippen LogP contribution < -0.4 is 20.7 Å². The van der Waals surface area contributed by atoms with Crippen LogP contribution in [0.25, 0.3) is 5.52 Å². The van der Waals surface area contributed by atoms with E-state index in [0.29, 0.717) is 34.7 Å². The van der Waals surface area contributed by atoms with Crippen LogP contribution in [0.3, 0.4) is 0 Å². The fourth-order valence-corrected chi connectivity index (χ4v) is 4.82. The summed E-state index contributed by atoms with van der Waals surface area (Å²) < 4.78 is 7.51. The number of nitrogens with one attached hydrogen (secondary N) is 3. The van der Waals surface area contributed by atoms with Gasteiger partial charge in [0.1, 0.15) is 17.6 Å². The van der Waals surface area contributed by atoms with Gasteiger partial charge in [-0.3, -0.25) is 0 Å². The van der Waals surface area contributed by atoms with Gasteiger partial charge in [0.15, 0.2) is 0 Å². The molecule has 194 valence electrons. The lowest BCUT2D eigenvalue weighted by atomic mass is 9.86. The van der Waals surface area contributed by atoms with Crippen LogP contribution >= 0.6 is 0 Å². The summed E-state index contributed by atoms with van der Waals surface area (Å²) >= 11 is 0. The van der Waals surface area contributed by atoms with Crippen molar-refractivity contribution < 1.29 is 14.6 Å². The monoisotopic (exact) mass is 510 g/mol. The molecule has 0 unspecified atom stereocenters. The summed E-state index contributed by atoms with van der Waals surface area (Å²) in [6, 6.07) is 18.9. The van der Waals surface area contributed by atoms with Gasteiger partial charge < -0.3 is 25.8 Å². The molecule has 1 aliphatic rings. The van der Waals surface area contributed by atoms with Crippen molar-refractivity contribution in [3.63, 3.8) is 0 Å². The van der Waals surface area contributed by atoms with E-state index in [1.165, 1.54) is 6.20 Å². The number of urea groups is 1. The number of rotatable bonds is 7. The Morgan fingerprint density at radius 2 is 1.87 bits per heavy atom. The van der Waals surface area contributed by atoms with E-state index < -0.39 is 0 Å². The van der Waals surface area contributed by atoms with Gasteiger partial charge in [-0.1, -0.05) is 31.0 Å². The molecule has 1 saturated carbocycles. The standard InChI is InChI=1S/C29H30N6O3/c1-19-25(34-29(37)31-16-20-7-5-6-10-26(20)36)18-35-28(19)27(21(15-30)17-32-35)33-22-11-13-24(14-12-22)38-23-8-3-2-4-9-23/h2-4,8-9,11-14,17-18,20,26,33,36H,5-7,10,16H2,1H3,(H2,31,34,37)/t20-,26+/m0/s1. The number of anilines is 3. The topological polar surface area (TPSA) is 124 Å². The minimum Gasteiger partial charge on any atom is -0.457 e. The summed E-state index contributed by atoms with van der Waals surface area (Å²) in [5, 5.41) is 33.4. The Morgan fingerprint density at radius 1 is 1.13 bits per heavy atom. The van der Waals surface area contributed by atoms with Crippen LogP contribution in [0.2, 0.25) is 0 Å². The Labute approximate surface area is 221 Å². The predicted molar refractivity (Wildman–Crippen MR) is 146 cm³/mol. The highest BCUT2D eigenvalue weighted by Crippen LogP contribution is 2.33. The van der Waals surface area contributed by atoms with Crippen molar-refractivity contribution in [3.05, 3.63) is 78.1 Å². The Bertz CT molecular complexity index is 1460. The largest absolute Gasteiger partial charge is 0.457 e. The Balaban J connectivity index is 1.33. The lowest BCUT2D eigenvalue weighted by molar-refractivity contribution is 0.0711. The molecule has 1 fully saturated rings. The van der Waals surface area contributed by atoms with E-state index in [2.05, 4.69) is 27.1 Å². The molecule has 2 aromatic heterocycles. The molecule has 0 spiro atoms. The molecule has 1 aliphatic carbocycles. The van der Waals surface area contributed by atoms with Gasteiger partial charge in [-0.05, 0) is 56.2 Å². The third-order valence-electron chi connectivity index (χ3n) is 6.92. The third-order valence-corrected chi connectivity index (χ3v) is 6.92. The molecule has 0 aliphatic heterocycles. The zero-order valence-electron chi connectivity index (χ0n) is 21.1. The van der Waals surface area contributed by atoms with E-state index in [1.807, 2.05) is 61.5 Å². The zero-order valence-corrected chi connectivity index (χ0v) is 21.1. The molecule has 0 bridgehead atoms. The van der Waals surface area contributed by atoms with Crippen LogP contribution in [-0.2, 0) is 0 Å². The lowest BCUT2D eigenvalue weighted by Gasteiger charge is -2.27. The maximum Gasteiger partial charge on any atom is 0.319 e. The molecule has 4 aromatic rings. The molecule has 5 rings (SSSR count). The molecular weight excluding hydrogens is 480 g/mol. The van der Waals surface area contributed by atoms with Gasteiger partial charge >= 0.3 is 6.03 Å². The van der Waals surface area contributed by atoms with Crippen LogP contribution in [0.5, 0.6) is 11.5 Å². The number of hydrogen-bond acceptors (Lipinski definition) is 6. The van der Waals surface area contributed by atoms with Crippen molar-refractivity contribution in [1.29, 1.82) is 5.26 Å². The third kappa shape index (κ3) is 5.56. The van der Waals surface area contributed by atoms with E-state index in [0.717, 1.165) is 42.7 Å². The van der Waals surface area contributed by atoms with E-state index >= 15 is 0 Å². The molecule has 2 heterocycles. The van der Waals surface area contributed by atoms with Gasteiger partial charge in [0, 0.05) is 23.7 Å². The molecule has 0 saturated heterocycles. The van der Waals surface area contributed by atoms with Crippen molar-refractivity contribution in [3.8, 4) is 17.6 Å². The number of nitriles is 1. The second-order valence-electron chi connectivity index (χ2n) is 9.52. The number of aromatic nitrogens is 2. The number of para-hydroxylation sites is 1. The van der Waals surface area contributed by atoms with Crippen LogP contribution in [0.15, 0.2) is 67.0 Å². The number of ether oxygens (including phenoxy) is 1. The summed E-state index contributed by atoms with van der Waals surface area (Å²) in [5.41, 5.74) is 3.79. The fourth-order valence-electron chi connectivity index (χ4n) is 4.82. The zero-order chi connectivity index (χ0) is 26.5. The highest BCUT2D eigenvalue weighted by molar-refractivity contribution is 5.94. The summed E-state index contributed by atoms with van der Waals surface area (Å²) in [4.78, 5) is 12.6. The second kappa shape index (κ2) is 11.2. The summed E-state index contributed by atoms with van der Waals surface area (Å²) in [5.74, 6) is 1.52. The van der Waals surface area contributed by atoms with Crippen molar-refractivity contribution in [2.45, 2.75) is 38.7 Å². The summed E-state index contributed by atoms with van der Waals surface area (Å²) in [6.07, 6.45) is 6.64. The number of amides is 2. The number of nitrogens with zero attached hydrogens (tertiary/aromatic N) is 3. The molecular formula is C29H30N6O3. The minimum absolute atomic E-state index is 0.0730. The molecule has 2 aromatic carbocycles. The van der Waals surface area contributed by atoms with E-state index in [4.69, 9.17) is 4.74 Å². The number of aliphatic hydroxyl groups excluding tert-OH is 1. The van der Waals surface area contributed by atoms with E-state index in [-0.39, 0.29) is 18.1 Å². The van der Waals surface area contributed by atoms with Gasteiger partial charge in [0.25, 0.3) is 0 Å². The van der Waals surface area contributed by atoms with Crippen LogP contribution in [0.4, 0.5) is 21.9 Å². The first-order chi connectivity index (χ1) is 18.5. The number of aryl methyl sites for hydroxylation is 1. The molecule has 2 atom stereocenters. The first-order valence-electron chi connectivity index (χ1n) is 12.8. The Morgan fingerprint density at radius 3 is 2.61 bits per heavy atom. The smallest absolute Gasteiger partial charge is 0.319 e. The predicted octanol–water partition coefficient (Wildman–Crippen LogP) is 5.72. The van der Waals surface area contributed by atoms with E-state index in [1.54, 1.807) is 10.7 Å². The maximum absolute atomic E-state index is 12.6. The SMILES string of the molecule is Cc1c(NC(=O)NC[C@@H]2CCCC[C@H]2O)cn2ncc(C#N)c(Nc3ccc(Oc4ccccc4)cc3)c12. The normalized spacial score (nSPS) is 17.0. The number of hydrogen-bond donors (Lipinski definition) is 4. The average molecular weight is 511 g/mol. The van der Waals surface area contributed by atoms with Crippen LogP contribution in [0, 0.1) is 24.2 Å². The number of carbonyl (C=O) groups is 1. The van der Waals surface area contributed by atoms with Crippen LogP contribution in [0.1, 0.15) is 36.8 Å². The molecule has 2 amide bonds. The van der Waals surface area contributed by atoms with Gasteiger partial charge in [-0.2, -0.15) is 10.4 Å². The molecule has 38 heavy (non-hydrogen) atoms. The van der Waals surface area contributed by atoms with Gasteiger partial charge in [-0.15, -0.1) is 0 Å². The number of fused-ring (bicyclic) bond motifs is 1. The van der Waals surface area contributed by atoms with Crippen molar-refractivity contribution in [2.24, 2.45) is 5.92 Å². The van der Waals surface area contributed by atoms with Crippen LogP contribution in [-0.4, -0.2) is 33.4 Å². The quantitative estimate of drug-likeness (QED) is 0.252. The van der Waals surface area contributed by atoms with Crippen molar-refractivity contribution in [1.82, 2.24) is 14.9 Å². The molecule has 9 heteroatoms. The van der Waals surface area contributed by atoms with Crippen molar-refractivity contribution >= 4 is 28.6 Å². The minimum atomic E-state index is -0.371. The van der Waals surface area contributed by atoms with Gasteiger partial charge in [-0.25, -0.2) is 9.31 Å². The Kier molecular flexibility index (Phi) is 7.43. The Hall–Kier alpha value is -4.55. The maximum atomic E-state index is 12.6. The first kappa shape index (κ1) is 25.1. The number of benzene rings is 2. The summed E-state index contributed by atoms with van der Waals surface area (Å²) in [6.45, 7) is 2.30. The highest BCUT2D eigenvalue weighted by Gasteiger charge is 2.24. The number of carbonyl (C=O) groups excluding carboxylic acids is 1. The van der Waals surface area contributed by atoms with E-state index in [9.17, 15) is 15.2 Å². The first-order valence-corrected chi connectivity index (χ1v) is 12.8.